The van der Waals surface area contributed by atoms with Crippen molar-refractivity contribution in [2.75, 3.05) is 0 Å². The molecule has 0 radical (unpaired) electrons. The lowest BCUT2D eigenvalue weighted by Gasteiger charge is -2.33. The van der Waals surface area contributed by atoms with E-state index in [4.69, 9.17) is 9.84 Å². The monoisotopic (exact) mass is 420 g/mol. The Balaban J connectivity index is 0.000000258. The van der Waals surface area contributed by atoms with E-state index in [1.807, 2.05) is 31.2 Å². The van der Waals surface area contributed by atoms with Crippen LogP contribution in [0.4, 0.5) is 0 Å². The van der Waals surface area contributed by atoms with Crippen LogP contribution in [0, 0.1) is 5.92 Å². The van der Waals surface area contributed by atoms with Crippen molar-refractivity contribution in [2.45, 2.75) is 44.6 Å². The Hall–Kier alpha value is -1.85. The Morgan fingerprint density at radius 2 is 1.58 bits per heavy atom. The van der Waals surface area contributed by atoms with Crippen molar-refractivity contribution in [1.82, 2.24) is 0 Å². The minimum atomic E-state index is -1.06. The van der Waals surface area contributed by atoms with Gasteiger partial charge in [0.15, 0.2) is 0 Å². The fourth-order valence-electron chi connectivity index (χ4n) is 3.25. The first-order valence-corrected chi connectivity index (χ1v) is 8.76. The molecule has 1 fully saturated rings. The summed E-state index contributed by atoms with van der Waals surface area (Å²) in [5.41, 5.74) is 0.318. The number of hydrogen-bond acceptors (Lipinski definition) is 3. The quantitative estimate of drug-likeness (QED) is 0.738. The zero-order valence-electron chi connectivity index (χ0n) is 15.0. The van der Waals surface area contributed by atoms with Gasteiger partial charge in [0, 0.05) is 11.1 Å². The van der Waals surface area contributed by atoms with Gasteiger partial charge in [-0.1, -0.05) is 43.3 Å². The molecule has 2 aromatic carbocycles. The number of rotatable bonds is 3. The highest BCUT2D eigenvalue weighted by Gasteiger charge is 2.44. The highest BCUT2D eigenvalue weighted by atomic mass is 79.9. The molecule has 1 atom stereocenters. The van der Waals surface area contributed by atoms with Crippen LogP contribution in [0.25, 0.3) is 0 Å². The summed E-state index contributed by atoms with van der Waals surface area (Å²) in [6.45, 7) is 3.75. The second kappa shape index (κ2) is 8.23. The molecule has 2 N–H and O–H groups in total. The normalized spacial score (nSPS) is 17.2. The van der Waals surface area contributed by atoms with E-state index >= 15 is 0 Å². The number of fused-ring (bicyclic) bond motifs is 2. The van der Waals surface area contributed by atoms with Crippen LogP contribution in [0.5, 0.6) is 11.5 Å². The SMILES string of the molecule is Br.CC1(C(=O)O)c2ccccc2Oc2ccccc21.CCC(O)C1CC1. The average Bonchev–Trinajstić information content (AvgIpc) is 3.47. The molecule has 0 saturated heterocycles. The molecule has 1 saturated carbocycles. The predicted molar refractivity (Wildman–Crippen MR) is 106 cm³/mol. The minimum Gasteiger partial charge on any atom is -0.480 e. The van der Waals surface area contributed by atoms with Crippen molar-refractivity contribution in [1.29, 1.82) is 0 Å². The Bertz CT molecular complexity index is 725. The van der Waals surface area contributed by atoms with Crippen LogP contribution in [0.15, 0.2) is 48.5 Å². The van der Waals surface area contributed by atoms with Crippen molar-refractivity contribution in [2.24, 2.45) is 5.92 Å². The number of carbonyl (C=O) groups is 1. The molecule has 4 nitrogen and oxygen atoms in total. The molecule has 1 aliphatic heterocycles. The molecule has 2 aromatic rings. The van der Waals surface area contributed by atoms with Crippen molar-refractivity contribution >= 4 is 23.0 Å². The van der Waals surface area contributed by atoms with Gasteiger partial charge in [0.2, 0.25) is 0 Å². The number of carboxylic acids is 1. The Morgan fingerprint density at radius 1 is 1.12 bits per heavy atom. The predicted octanol–water partition coefficient (Wildman–Crippen LogP) is 4.93. The number of aliphatic hydroxyl groups excluding tert-OH is 1. The van der Waals surface area contributed by atoms with Crippen LogP contribution in [-0.2, 0) is 10.2 Å². The van der Waals surface area contributed by atoms with E-state index in [1.165, 1.54) is 12.8 Å². The molecule has 2 aliphatic rings. The van der Waals surface area contributed by atoms with E-state index in [9.17, 15) is 9.90 Å². The molecule has 1 aliphatic carbocycles. The Labute approximate surface area is 164 Å². The molecule has 5 heteroatoms. The highest BCUT2D eigenvalue weighted by Crippen LogP contribution is 2.47. The smallest absolute Gasteiger partial charge is 0.318 e. The number of aliphatic hydroxyl groups is 1. The summed E-state index contributed by atoms with van der Waals surface area (Å²) in [7, 11) is 0. The van der Waals surface area contributed by atoms with Gasteiger partial charge in [0.25, 0.3) is 0 Å². The van der Waals surface area contributed by atoms with Gasteiger partial charge in [-0.15, -0.1) is 17.0 Å². The molecule has 0 spiro atoms. The second-order valence-electron chi connectivity index (χ2n) is 6.84. The molecule has 140 valence electrons. The number of halogens is 1. The van der Waals surface area contributed by atoms with E-state index in [0.717, 1.165) is 6.42 Å². The minimum absolute atomic E-state index is 0. The number of benzene rings is 2. The van der Waals surface area contributed by atoms with Crippen LogP contribution in [0.3, 0.4) is 0 Å². The lowest BCUT2D eigenvalue weighted by molar-refractivity contribution is -0.141. The summed E-state index contributed by atoms with van der Waals surface area (Å²) in [5, 5.41) is 18.6. The van der Waals surface area contributed by atoms with Crippen LogP contribution in [0.2, 0.25) is 0 Å². The average molecular weight is 421 g/mol. The highest BCUT2D eigenvalue weighted by molar-refractivity contribution is 8.93. The molecule has 1 heterocycles. The molecule has 1 unspecified atom stereocenters. The van der Waals surface area contributed by atoms with Crippen molar-refractivity contribution in [3.8, 4) is 11.5 Å². The zero-order valence-corrected chi connectivity index (χ0v) is 16.7. The molecule has 0 aromatic heterocycles. The maximum absolute atomic E-state index is 11.7. The third kappa shape index (κ3) is 3.79. The van der Waals surface area contributed by atoms with Crippen LogP contribution < -0.4 is 4.74 Å². The van der Waals surface area contributed by atoms with Crippen molar-refractivity contribution in [3.05, 3.63) is 59.7 Å². The lowest BCUT2D eigenvalue weighted by Crippen LogP contribution is -2.36. The maximum atomic E-state index is 11.7. The summed E-state index contributed by atoms with van der Waals surface area (Å²) < 4.78 is 5.76. The standard InChI is InChI=1S/C15H12O3.C6H12O.BrH/c1-15(14(16)17)10-6-2-4-8-12(10)18-13-9-5-3-7-11(13)15;1-2-6(7)5-3-4-5;/h2-9H,1H3,(H,16,17);5-7H,2-4H2,1H3;1H. The first-order chi connectivity index (χ1) is 12.0. The fraction of sp³-hybridized carbons (Fsp3) is 0.381. The van der Waals surface area contributed by atoms with Crippen molar-refractivity contribution < 1.29 is 19.7 Å². The number of ether oxygens (including phenoxy) is 1. The molecule has 0 amide bonds. The van der Waals surface area contributed by atoms with Gasteiger partial charge in [-0.05, 0) is 44.2 Å². The summed E-state index contributed by atoms with van der Waals surface area (Å²) in [5.74, 6) is 1.03. The van der Waals surface area contributed by atoms with E-state index in [-0.39, 0.29) is 23.1 Å². The Morgan fingerprint density at radius 3 is 1.92 bits per heavy atom. The van der Waals surface area contributed by atoms with Crippen LogP contribution in [0.1, 0.15) is 44.2 Å². The fourth-order valence-corrected chi connectivity index (χ4v) is 3.25. The largest absolute Gasteiger partial charge is 0.480 e. The molecular weight excluding hydrogens is 396 g/mol. The Kier molecular flexibility index (Phi) is 6.48. The molecular formula is C21H25BrO4. The van der Waals surface area contributed by atoms with Crippen LogP contribution in [-0.4, -0.2) is 22.3 Å². The van der Waals surface area contributed by atoms with E-state index < -0.39 is 11.4 Å². The van der Waals surface area contributed by atoms with Gasteiger partial charge in [-0.2, -0.15) is 0 Å². The van der Waals surface area contributed by atoms with Gasteiger partial charge in [0.05, 0.1) is 6.10 Å². The maximum Gasteiger partial charge on any atom is 0.318 e. The first kappa shape index (κ1) is 20.5. The number of carboxylic acid groups (broad SMARTS) is 1. The molecule has 26 heavy (non-hydrogen) atoms. The molecule has 4 rings (SSSR count). The summed E-state index contributed by atoms with van der Waals surface area (Å²) in [6.07, 6.45) is 3.47. The second-order valence-corrected chi connectivity index (χ2v) is 6.84. The summed E-state index contributed by atoms with van der Waals surface area (Å²) >= 11 is 0. The zero-order chi connectivity index (χ0) is 18.0. The number of para-hydroxylation sites is 2. The van der Waals surface area contributed by atoms with Gasteiger partial charge in [-0.3, -0.25) is 4.79 Å². The third-order valence-electron chi connectivity index (χ3n) is 5.08. The van der Waals surface area contributed by atoms with E-state index in [2.05, 4.69) is 0 Å². The van der Waals surface area contributed by atoms with Gasteiger partial charge >= 0.3 is 5.97 Å². The van der Waals surface area contributed by atoms with E-state index in [1.54, 1.807) is 31.2 Å². The summed E-state index contributed by atoms with van der Waals surface area (Å²) in [4.78, 5) is 11.7. The van der Waals surface area contributed by atoms with E-state index in [0.29, 0.717) is 28.5 Å². The lowest BCUT2D eigenvalue weighted by atomic mass is 9.74. The number of aliphatic carboxylic acids is 1. The first-order valence-electron chi connectivity index (χ1n) is 8.76. The van der Waals surface area contributed by atoms with Gasteiger partial charge in [-0.25, -0.2) is 0 Å². The topological polar surface area (TPSA) is 66.8 Å². The third-order valence-corrected chi connectivity index (χ3v) is 5.08. The van der Waals surface area contributed by atoms with Gasteiger partial charge in [0.1, 0.15) is 16.9 Å². The van der Waals surface area contributed by atoms with Crippen molar-refractivity contribution in [3.63, 3.8) is 0 Å². The summed E-state index contributed by atoms with van der Waals surface area (Å²) in [6, 6.07) is 14.6. The van der Waals surface area contributed by atoms with Crippen LogP contribution >= 0.6 is 17.0 Å². The van der Waals surface area contributed by atoms with Gasteiger partial charge < -0.3 is 14.9 Å². The molecule has 0 bridgehead atoms. The number of hydrogen-bond donors (Lipinski definition) is 2.